The Labute approximate surface area is 91.5 Å². The average Bonchev–Trinajstić information content (AvgIpc) is 2.97. The van der Waals surface area contributed by atoms with Crippen LogP contribution < -0.4 is 0 Å². The Morgan fingerprint density at radius 3 is 2.57 bits per heavy atom. The Kier molecular flexibility index (Phi) is 2.69. The van der Waals surface area contributed by atoms with E-state index in [0.29, 0.717) is 0 Å². The molecule has 0 aliphatic heterocycles. The molecule has 1 N–H and O–H groups in total. The topological polar surface area (TPSA) is 20.2 Å². The Balaban J connectivity index is 2.38. The molecule has 1 aromatic carbocycles. The van der Waals surface area contributed by atoms with Crippen LogP contribution in [0.5, 0.6) is 0 Å². The molecule has 0 amide bonds. The van der Waals surface area contributed by atoms with Crippen LogP contribution in [0.3, 0.4) is 0 Å². The summed E-state index contributed by atoms with van der Waals surface area (Å²) in [6.07, 6.45) is 1.14. The number of hydrogen-bond acceptors (Lipinski definition) is 1. The predicted molar refractivity (Wildman–Crippen MR) is 54.1 cm³/mol. The van der Waals surface area contributed by atoms with Gasteiger partial charge in [-0.15, -0.1) is 0 Å². The van der Waals surface area contributed by atoms with Gasteiger partial charge in [0.15, 0.2) is 0 Å². The van der Waals surface area contributed by atoms with E-state index in [1.807, 2.05) is 0 Å². The van der Waals surface area contributed by atoms with E-state index in [0.717, 1.165) is 12.8 Å². The molecule has 0 saturated heterocycles. The van der Waals surface area contributed by atoms with E-state index >= 15 is 0 Å². The monoisotopic (exact) mass is 234 g/mol. The molecule has 1 aromatic rings. The summed E-state index contributed by atoms with van der Waals surface area (Å²) in [4.78, 5) is 0. The van der Waals surface area contributed by atoms with Gasteiger partial charge in [-0.2, -0.15) is 0 Å². The Morgan fingerprint density at radius 1 is 1.36 bits per heavy atom. The third kappa shape index (κ3) is 1.74. The zero-order chi connectivity index (χ0) is 10.3. The molecule has 76 valence electrons. The zero-order valence-electron chi connectivity index (χ0n) is 7.30. The van der Waals surface area contributed by atoms with Crippen molar-refractivity contribution in [3.05, 3.63) is 33.6 Å². The van der Waals surface area contributed by atoms with Crippen molar-refractivity contribution in [2.75, 3.05) is 0 Å². The van der Waals surface area contributed by atoms with Crippen LogP contribution >= 0.6 is 23.2 Å². The van der Waals surface area contributed by atoms with E-state index in [4.69, 9.17) is 23.2 Å². The fourth-order valence-electron chi connectivity index (χ4n) is 1.44. The molecule has 14 heavy (non-hydrogen) atoms. The van der Waals surface area contributed by atoms with Crippen molar-refractivity contribution in [1.29, 1.82) is 0 Å². The molecule has 2 rings (SSSR count). The largest absolute Gasteiger partial charge is 0.388 e. The summed E-state index contributed by atoms with van der Waals surface area (Å²) in [6.45, 7) is 0. The molecule has 0 radical (unpaired) electrons. The van der Waals surface area contributed by atoms with Gasteiger partial charge in [0, 0.05) is 5.56 Å². The molecule has 4 heteroatoms. The molecule has 1 saturated carbocycles. The van der Waals surface area contributed by atoms with Crippen molar-refractivity contribution in [3.63, 3.8) is 0 Å². The minimum atomic E-state index is -0.746. The highest BCUT2D eigenvalue weighted by molar-refractivity contribution is 6.42. The first-order valence-corrected chi connectivity index (χ1v) is 5.18. The summed E-state index contributed by atoms with van der Waals surface area (Å²) >= 11 is 11.3. The van der Waals surface area contributed by atoms with Gasteiger partial charge < -0.3 is 5.11 Å². The molecule has 0 bridgehead atoms. The summed E-state index contributed by atoms with van der Waals surface area (Å²) in [5, 5.41) is 9.78. The number of benzene rings is 1. The third-order valence-electron chi connectivity index (χ3n) is 2.45. The highest BCUT2D eigenvalue weighted by Gasteiger charge is 2.33. The lowest BCUT2D eigenvalue weighted by molar-refractivity contribution is 0.149. The number of aliphatic hydroxyl groups excluding tert-OH is 1. The number of rotatable bonds is 2. The third-order valence-corrected chi connectivity index (χ3v) is 3.23. The maximum Gasteiger partial charge on any atom is 0.149 e. The van der Waals surface area contributed by atoms with Crippen LogP contribution in [0.1, 0.15) is 24.5 Å². The van der Waals surface area contributed by atoms with Gasteiger partial charge in [0.1, 0.15) is 5.82 Å². The molecule has 0 heterocycles. The molecule has 1 unspecified atom stereocenters. The maximum absolute atomic E-state index is 13.5. The van der Waals surface area contributed by atoms with Gasteiger partial charge in [0.2, 0.25) is 0 Å². The first-order chi connectivity index (χ1) is 6.61. The summed E-state index contributed by atoms with van der Waals surface area (Å²) in [6, 6.07) is 3.00. The second-order valence-corrected chi connectivity index (χ2v) is 4.33. The van der Waals surface area contributed by atoms with Gasteiger partial charge in [0.05, 0.1) is 16.1 Å². The summed E-state index contributed by atoms with van der Waals surface area (Å²) < 4.78 is 13.5. The second-order valence-electron chi connectivity index (χ2n) is 3.55. The van der Waals surface area contributed by atoms with Gasteiger partial charge in [-0.05, 0) is 24.8 Å². The van der Waals surface area contributed by atoms with E-state index in [2.05, 4.69) is 0 Å². The smallest absolute Gasteiger partial charge is 0.149 e. The van der Waals surface area contributed by atoms with Gasteiger partial charge in [0.25, 0.3) is 0 Å². The van der Waals surface area contributed by atoms with Gasteiger partial charge in [-0.3, -0.25) is 0 Å². The molecular weight excluding hydrogens is 226 g/mol. The summed E-state index contributed by atoms with van der Waals surface area (Å²) in [7, 11) is 0. The van der Waals surface area contributed by atoms with Gasteiger partial charge >= 0.3 is 0 Å². The van der Waals surface area contributed by atoms with Crippen LogP contribution in [0, 0.1) is 11.7 Å². The molecule has 0 aromatic heterocycles. The fourth-order valence-corrected chi connectivity index (χ4v) is 1.75. The van der Waals surface area contributed by atoms with Crippen LogP contribution in [-0.4, -0.2) is 5.11 Å². The van der Waals surface area contributed by atoms with Crippen LogP contribution in [0.15, 0.2) is 12.1 Å². The standard InChI is InChI=1S/C10H9Cl2FO/c11-7-4-3-6(9(13)8(7)12)10(14)5-1-2-5/h3-5,10,14H,1-2H2. The Hall–Kier alpha value is -0.310. The summed E-state index contributed by atoms with van der Waals surface area (Å²) in [5.41, 5.74) is 0.252. The number of halogens is 3. The molecule has 1 nitrogen and oxygen atoms in total. The van der Waals surface area contributed by atoms with E-state index in [-0.39, 0.29) is 21.5 Å². The zero-order valence-corrected chi connectivity index (χ0v) is 8.82. The SMILES string of the molecule is OC(c1ccc(Cl)c(Cl)c1F)C1CC1. The van der Waals surface area contributed by atoms with Crippen molar-refractivity contribution in [3.8, 4) is 0 Å². The minimum absolute atomic E-state index is 0.108. The second kappa shape index (κ2) is 3.69. The van der Waals surface area contributed by atoms with Crippen molar-refractivity contribution in [1.82, 2.24) is 0 Å². The van der Waals surface area contributed by atoms with Crippen molar-refractivity contribution in [2.24, 2.45) is 5.92 Å². The number of hydrogen-bond donors (Lipinski definition) is 1. The quantitative estimate of drug-likeness (QED) is 0.776. The van der Waals surface area contributed by atoms with Crippen molar-refractivity contribution >= 4 is 23.2 Å². The Bertz CT molecular complexity index is 363. The normalized spacial score (nSPS) is 18.3. The van der Waals surface area contributed by atoms with E-state index in [1.165, 1.54) is 12.1 Å². The molecule has 0 spiro atoms. The van der Waals surface area contributed by atoms with Crippen LogP contribution in [0.25, 0.3) is 0 Å². The molecular formula is C10H9Cl2FO. The van der Waals surface area contributed by atoms with E-state index in [1.54, 1.807) is 0 Å². The van der Waals surface area contributed by atoms with Crippen LogP contribution in [-0.2, 0) is 0 Å². The lowest BCUT2D eigenvalue weighted by Gasteiger charge is -2.11. The first-order valence-electron chi connectivity index (χ1n) is 4.42. The average molecular weight is 235 g/mol. The highest BCUT2D eigenvalue weighted by atomic mass is 35.5. The summed E-state index contributed by atoms with van der Waals surface area (Å²) in [5.74, 6) is -0.416. The highest BCUT2D eigenvalue weighted by Crippen LogP contribution is 2.43. The van der Waals surface area contributed by atoms with E-state index < -0.39 is 11.9 Å². The molecule has 1 fully saturated rings. The van der Waals surface area contributed by atoms with Crippen molar-refractivity contribution < 1.29 is 9.50 Å². The fraction of sp³-hybridized carbons (Fsp3) is 0.400. The van der Waals surface area contributed by atoms with Crippen LogP contribution in [0.4, 0.5) is 4.39 Å². The molecule has 1 aliphatic carbocycles. The lowest BCUT2D eigenvalue weighted by atomic mass is 10.1. The lowest BCUT2D eigenvalue weighted by Crippen LogP contribution is -2.03. The van der Waals surface area contributed by atoms with Gasteiger partial charge in [-0.1, -0.05) is 29.3 Å². The van der Waals surface area contributed by atoms with Gasteiger partial charge in [-0.25, -0.2) is 4.39 Å². The number of aliphatic hydroxyl groups is 1. The predicted octanol–water partition coefficient (Wildman–Crippen LogP) is 3.58. The molecule has 1 aliphatic rings. The first kappa shape index (κ1) is 10.2. The Morgan fingerprint density at radius 2 is 2.00 bits per heavy atom. The van der Waals surface area contributed by atoms with Crippen molar-refractivity contribution in [2.45, 2.75) is 18.9 Å². The molecule has 1 atom stereocenters. The van der Waals surface area contributed by atoms with E-state index in [9.17, 15) is 9.50 Å². The minimum Gasteiger partial charge on any atom is -0.388 e. The maximum atomic E-state index is 13.5. The van der Waals surface area contributed by atoms with Crippen LogP contribution in [0.2, 0.25) is 10.0 Å².